The van der Waals surface area contributed by atoms with Crippen molar-refractivity contribution in [3.8, 4) is 0 Å². The quantitative estimate of drug-likeness (QED) is 0.681. The molecule has 26 heavy (non-hydrogen) atoms. The predicted molar refractivity (Wildman–Crippen MR) is 91.9 cm³/mol. The lowest BCUT2D eigenvalue weighted by Gasteiger charge is -2.10. The van der Waals surface area contributed by atoms with Gasteiger partial charge in [0.2, 0.25) is 5.95 Å². The number of hydrogen-bond acceptors (Lipinski definition) is 4. The molecule has 134 valence electrons. The number of rotatable bonds is 2. The van der Waals surface area contributed by atoms with Gasteiger partial charge in [-0.1, -0.05) is 22.0 Å². The van der Waals surface area contributed by atoms with Crippen LogP contribution in [0.25, 0.3) is 10.9 Å². The van der Waals surface area contributed by atoms with Gasteiger partial charge < -0.3 is 4.57 Å². The lowest BCUT2D eigenvalue weighted by molar-refractivity contribution is -0.138. The van der Waals surface area contributed by atoms with Gasteiger partial charge in [0.05, 0.1) is 11.1 Å². The Morgan fingerprint density at radius 2 is 1.88 bits per heavy atom. The number of anilines is 1. The van der Waals surface area contributed by atoms with E-state index in [-0.39, 0.29) is 11.5 Å². The molecule has 1 aromatic carbocycles. The van der Waals surface area contributed by atoms with Crippen molar-refractivity contribution in [1.82, 2.24) is 14.5 Å². The van der Waals surface area contributed by atoms with E-state index in [4.69, 9.17) is 0 Å². The molecule has 0 aliphatic rings. The minimum absolute atomic E-state index is 0.185. The zero-order valence-corrected chi connectivity index (χ0v) is 14.7. The van der Waals surface area contributed by atoms with E-state index in [0.29, 0.717) is 27.8 Å². The molecule has 3 aromatic rings. The number of halogens is 4. The number of pyridine rings is 1. The van der Waals surface area contributed by atoms with Crippen LogP contribution in [-0.2, 0) is 13.2 Å². The van der Waals surface area contributed by atoms with Crippen molar-refractivity contribution in [2.24, 2.45) is 7.05 Å². The molecule has 3 rings (SSSR count). The van der Waals surface area contributed by atoms with Crippen molar-refractivity contribution >= 4 is 38.7 Å². The average molecular weight is 427 g/mol. The number of amides is 1. The van der Waals surface area contributed by atoms with Gasteiger partial charge in [0, 0.05) is 29.3 Å². The standard InChI is InChI=1S/C16H10BrF3N4O2/c1-24-12-4-2-3-11(17)9(12)5-10(14(24)26)13(25)23-15-21-6-8(7-22-15)16(18,19)20/h2-7H,1H3,(H,21,22,23,25). The Bertz CT molecular complexity index is 1060. The van der Waals surface area contributed by atoms with Crippen LogP contribution in [0.15, 0.2) is 45.9 Å². The summed E-state index contributed by atoms with van der Waals surface area (Å²) in [5, 5.41) is 2.86. The summed E-state index contributed by atoms with van der Waals surface area (Å²) in [5.41, 5.74) is -1.16. The molecule has 2 aromatic heterocycles. The van der Waals surface area contributed by atoms with Crippen molar-refractivity contribution < 1.29 is 18.0 Å². The van der Waals surface area contributed by atoms with Gasteiger partial charge in [-0.3, -0.25) is 14.9 Å². The van der Waals surface area contributed by atoms with Gasteiger partial charge in [-0.05, 0) is 18.2 Å². The summed E-state index contributed by atoms with van der Waals surface area (Å²) in [5.74, 6) is -1.15. The molecule has 0 fully saturated rings. The maximum atomic E-state index is 12.5. The Morgan fingerprint density at radius 1 is 1.23 bits per heavy atom. The lowest BCUT2D eigenvalue weighted by atomic mass is 10.1. The topological polar surface area (TPSA) is 76.9 Å². The average Bonchev–Trinajstić information content (AvgIpc) is 2.58. The van der Waals surface area contributed by atoms with E-state index in [0.717, 1.165) is 0 Å². The SMILES string of the molecule is Cn1c(=O)c(C(=O)Nc2ncc(C(F)(F)F)cn2)cc2c(Br)cccc21. The summed E-state index contributed by atoms with van der Waals surface area (Å²) in [6.07, 6.45) is -3.47. The van der Waals surface area contributed by atoms with Crippen LogP contribution in [0.2, 0.25) is 0 Å². The summed E-state index contributed by atoms with van der Waals surface area (Å²) in [6.45, 7) is 0. The van der Waals surface area contributed by atoms with Crippen LogP contribution in [-0.4, -0.2) is 20.4 Å². The van der Waals surface area contributed by atoms with Gasteiger partial charge in [0.25, 0.3) is 11.5 Å². The summed E-state index contributed by atoms with van der Waals surface area (Å²) in [6, 6.07) is 6.64. The third-order valence-electron chi connectivity index (χ3n) is 3.66. The molecule has 0 aliphatic heterocycles. The highest BCUT2D eigenvalue weighted by molar-refractivity contribution is 9.10. The van der Waals surface area contributed by atoms with Gasteiger partial charge in [0.1, 0.15) is 5.56 Å². The largest absolute Gasteiger partial charge is 0.419 e. The molecule has 10 heteroatoms. The fraction of sp³-hybridized carbons (Fsp3) is 0.125. The number of fused-ring (bicyclic) bond motifs is 1. The highest BCUT2D eigenvalue weighted by Crippen LogP contribution is 2.28. The molecule has 0 radical (unpaired) electrons. The van der Waals surface area contributed by atoms with E-state index in [1.54, 1.807) is 18.2 Å². The van der Waals surface area contributed by atoms with E-state index < -0.39 is 23.2 Å². The molecular formula is C16H10BrF3N4O2. The Hall–Kier alpha value is -2.75. The number of carbonyl (C=O) groups excluding carboxylic acids is 1. The van der Waals surface area contributed by atoms with E-state index in [1.165, 1.54) is 17.7 Å². The van der Waals surface area contributed by atoms with Crippen LogP contribution in [0.1, 0.15) is 15.9 Å². The van der Waals surface area contributed by atoms with Crippen molar-refractivity contribution in [3.63, 3.8) is 0 Å². The maximum Gasteiger partial charge on any atom is 0.419 e. The number of aryl methyl sites for hydroxylation is 1. The minimum Gasteiger partial charge on any atom is -0.311 e. The Morgan fingerprint density at radius 3 is 2.50 bits per heavy atom. The van der Waals surface area contributed by atoms with Crippen LogP contribution in [0.5, 0.6) is 0 Å². The lowest BCUT2D eigenvalue weighted by Crippen LogP contribution is -2.28. The molecule has 6 nitrogen and oxygen atoms in total. The van der Waals surface area contributed by atoms with Gasteiger partial charge in [-0.25, -0.2) is 9.97 Å². The van der Waals surface area contributed by atoms with Gasteiger partial charge in [0.15, 0.2) is 0 Å². The molecule has 2 heterocycles. The van der Waals surface area contributed by atoms with Crippen LogP contribution in [0.4, 0.5) is 19.1 Å². The Balaban J connectivity index is 1.97. The summed E-state index contributed by atoms with van der Waals surface area (Å²) in [4.78, 5) is 31.7. The highest BCUT2D eigenvalue weighted by Gasteiger charge is 2.31. The number of hydrogen-bond donors (Lipinski definition) is 1. The van der Waals surface area contributed by atoms with Crippen molar-refractivity contribution in [2.75, 3.05) is 5.32 Å². The van der Waals surface area contributed by atoms with Crippen LogP contribution < -0.4 is 10.9 Å². The number of aromatic nitrogens is 3. The first-order chi connectivity index (χ1) is 12.2. The first-order valence-corrected chi connectivity index (χ1v) is 7.96. The first kappa shape index (κ1) is 18.1. The second-order valence-electron chi connectivity index (χ2n) is 5.34. The van der Waals surface area contributed by atoms with Crippen molar-refractivity contribution in [2.45, 2.75) is 6.18 Å². The number of alkyl halides is 3. The van der Waals surface area contributed by atoms with E-state index >= 15 is 0 Å². The van der Waals surface area contributed by atoms with E-state index in [2.05, 4.69) is 31.2 Å². The monoisotopic (exact) mass is 426 g/mol. The predicted octanol–water partition coefficient (Wildman–Crippen LogP) is 3.36. The molecule has 0 spiro atoms. The molecule has 0 aliphatic carbocycles. The molecule has 0 atom stereocenters. The maximum absolute atomic E-state index is 12.5. The highest BCUT2D eigenvalue weighted by atomic mass is 79.9. The molecular weight excluding hydrogens is 417 g/mol. The first-order valence-electron chi connectivity index (χ1n) is 7.17. The second kappa shape index (κ2) is 6.52. The van der Waals surface area contributed by atoms with E-state index in [1.807, 2.05) is 0 Å². The van der Waals surface area contributed by atoms with E-state index in [9.17, 15) is 22.8 Å². The molecule has 0 unspecified atom stereocenters. The smallest absolute Gasteiger partial charge is 0.311 e. The van der Waals surface area contributed by atoms with Crippen LogP contribution in [0, 0.1) is 0 Å². The number of carbonyl (C=O) groups is 1. The molecule has 1 amide bonds. The number of nitrogens with one attached hydrogen (secondary N) is 1. The van der Waals surface area contributed by atoms with Gasteiger partial charge in [-0.15, -0.1) is 0 Å². The zero-order valence-electron chi connectivity index (χ0n) is 13.1. The summed E-state index contributed by atoms with van der Waals surface area (Å²) in [7, 11) is 1.52. The van der Waals surface area contributed by atoms with Gasteiger partial charge in [-0.2, -0.15) is 13.2 Å². The second-order valence-corrected chi connectivity index (χ2v) is 6.20. The van der Waals surface area contributed by atoms with Crippen LogP contribution >= 0.6 is 15.9 Å². The number of benzene rings is 1. The van der Waals surface area contributed by atoms with Crippen molar-refractivity contribution in [3.05, 3.63) is 62.6 Å². The Labute approximate surface area is 152 Å². The normalized spacial score (nSPS) is 11.6. The third kappa shape index (κ3) is 3.32. The molecule has 0 saturated heterocycles. The molecule has 0 saturated carbocycles. The van der Waals surface area contributed by atoms with Crippen molar-refractivity contribution in [1.29, 1.82) is 0 Å². The minimum atomic E-state index is -4.58. The van der Waals surface area contributed by atoms with Crippen LogP contribution in [0.3, 0.4) is 0 Å². The fourth-order valence-electron chi connectivity index (χ4n) is 2.33. The number of nitrogens with zero attached hydrogens (tertiary/aromatic N) is 3. The fourth-order valence-corrected chi connectivity index (χ4v) is 2.80. The van der Waals surface area contributed by atoms with Gasteiger partial charge >= 0.3 is 6.18 Å². The zero-order chi connectivity index (χ0) is 19.1. The summed E-state index contributed by atoms with van der Waals surface area (Å²) >= 11 is 3.35. The molecule has 0 bridgehead atoms. The Kier molecular flexibility index (Phi) is 4.53. The summed E-state index contributed by atoms with van der Waals surface area (Å²) < 4.78 is 39.5. The third-order valence-corrected chi connectivity index (χ3v) is 4.36. The molecule has 1 N–H and O–H groups in total.